The van der Waals surface area contributed by atoms with Crippen LogP contribution in [0.3, 0.4) is 0 Å². The summed E-state index contributed by atoms with van der Waals surface area (Å²) < 4.78 is 21.4. The van der Waals surface area contributed by atoms with Crippen LogP contribution in [-0.2, 0) is 6.54 Å². The molecule has 1 amide bonds. The molecule has 0 aliphatic heterocycles. The summed E-state index contributed by atoms with van der Waals surface area (Å²) in [5, 5.41) is 13.5. The highest BCUT2D eigenvalue weighted by atomic mass is 19.1. The maximum Gasteiger partial charge on any atom is 0.336 e. The van der Waals surface area contributed by atoms with Gasteiger partial charge in [0.05, 0.1) is 18.7 Å². The maximum atomic E-state index is 13.9. The lowest BCUT2D eigenvalue weighted by molar-refractivity contribution is 0.0697. The van der Waals surface area contributed by atoms with Gasteiger partial charge in [0.25, 0.3) is 5.91 Å². The summed E-state index contributed by atoms with van der Waals surface area (Å²) >= 11 is 0. The third kappa shape index (κ3) is 5.43. The molecule has 5 rings (SSSR count). The van der Waals surface area contributed by atoms with Crippen LogP contribution in [0.15, 0.2) is 84.9 Å². The van der Waals surface area contributed by atoms with Gasteiger partial charge in [0.2, 0.25) is 0 Å². The number of rotatable bonds is 8. The number of carbonyl (C=O) groups is 2. The number of hydrogen-bond donors (Lipinski definition) is 2. The second-order valence-corrected chi connectivity index (χ2v) is 10.2. The average Bonchev–Trinajstić information content (AvgIpc) is 3.21. The summed E-state index contributed by atoms with van der Waals surface area (Å²) in [7, 11) is 1.52. The molecule has 0 aliphatic rings. The number of hydrogen-bond acceptors (Lipinski definition) is 3. The van der Waals surface area contributed by atoms with Crippen LogP contribution in [0.25, 0.3) is 22.0 Å². The first-order valence-corrected chi connectivity index (χ1v) is 13.3. The Hall–Kier alpha value is -4.91. The summed E-state index contributed by atoms with van der Waals surface area (Å²) in [6.45, 7) is 6.52. The lowest BCUT2D eigenvalue weighted by Crippen LogP contribution is -2.27. The smallest absolute Gasteiger partial charge is 0.336 e. The van der Waals surface area contributed by atoms with Gasteiger partial charge < -0.3 is 19.7 Å². The molecule has 0 bridgehead atoms. The van der Waals surface area contributed by atoms with E-state index < -0.39 is 17.8 Å². The van der Waals surface area contributed by atoms with Crippen molar-refractivity contribution in [2.75, 3.05) is 7.11 Å². The minimum atomic E-state index is -0.953. The molecular formula is C34H31FN2O4. The van der Waals surface area contributed by atoms with Gasteiger partial charge in [0, 0.05) is 34.3 Å². The van der Waals surface area contributed by atoms with Crippen molar-refractivity contribution in [2.45, 2.75) is 33.4 Å². The van der Waals surface area contributed by atoms with Gasteiger partial charge in [0.1, 0.15) is 11.6 Å². The van der Waals surface area contributed by atoms with E-state index in [0.29, 0.717) is 29.0 Å². The number of aromatic carboxylic acids is 1. The Bertz CT molecular complexity index is 1770. The number of aryl methyl sites for hydroxylation is 1. The van der Waals surface area contributed by atoms with Gasteiger partial charge in [-0.1, -0.05) is 42.5 Å². The van der Waals surface area contributed by atoms with Crippen molar-refractivity contribution in [1.82, 2.24) is 9.88 Å². The highest BCUT2D eigenvalue weighted by Gasteiger charge is 2.19. The minimum absolute atomic E-state index is 0.257. The van der Waals surface area contributed by atoms with E-state index in [1.807, 2.05) is 55.5 Å². The second-order valence-electron chi connectivity index (χ2n) is 10.2. The number of nitrogens with zero attached hydrogens (tertiary/aromatic N) is 1. The zero-order chi connectivity index (χ0) is 29.3. The van der Waals surface area contributed by atoms with Crippen molar-refractivity contribution in [3.8, 4) is 16.9 Å². The molecule has 4 aromatic carbocycles. The molecule has 1 atom stereocenters. The van der Waals surface area contributed by atoms with Crippen LogP contribution >= 0.6 is 0 Å². The Labute approximate surface area is 238 Å². The van der Waals surface area contributed by atoms with Crippen LogP contribution < -0.4 is 10.1 Å². The zero-order valence-electron chi connectivity index (χ0n) is 23.4. The van der Waals surface area contributed by atoms with Crippen molar-refractivity contribution >= 4 is 22.8 Å². The van der Waals surface area contributed by atoms with Crippen molar-refractivity contribution in [2.24, 2.45) is 0 Å². The molecule has 0 spiro atoms. The van der Waals surface area contributed by atoms with E-state index in [1.54, 1.807) is 31.2 Å². The van der Waals surface area contributed by atoms with E-state index >= 15 is 0 Å². The number of amides is 1. The quantitative estimate of drug-likeness (QED) is 0.212. The fraction of sp³-hybridized carbons (Fsp3) is 0.176. The van der Waals surface area contributed by atoms with Crippen molar-refractivity contribution < 1.29 is 23.8 Å². The predicted octanol–water partition coefficient (Wildman–Crippen LogP) is 7.31. The van der Waals surface area contributed by atoms with Crippen LogP contribution in [0.2, 0.25) is 0 Å². The molecule has 2 N–H and O–H groups in total. The number of benzene rings is 4. The first-order chi connectivity index (χ1) is 19.7. The van der Waals surface area contributed by atoms with E-state index in [1.165, 1.54) is 19.2 Å². The molecule has 0 fully saturated rings. The lowest BCUT2D eigenvalue weighted by atomic mass is 9.99. The maximum absolute atomic E-state index is 13.9. The fourth-order valence-electron chi connectivity index (χ4n) is 5.29. The largest absolute Gasteiger partial charge is 0.496 e. The van der Waals surface area contributed by atoms with Crippen LogP contribution in [-0.4, -0.2) is 28.7 Å². The summed E-state index contributed by atoms with van der Waals surface area (Å²) in [5.41, 5.74) is 7.14. The normalized spacial score (nSPS) is 11.8. The van der Waals surface area contributed by atoms with E-state index in [9.17, 15) is 19.1 Å². The SMILES string of the molecule is COc1ccc(F)cc1[C@H](C)NC(=O)c1ccc2c(c1)c(C)c(C)n2Cc1ccc(-c2ccccc2C(=O)O)cc1. The zero-order valence-corrected chi connectivity index (χ0v) is 23.4. The van der Waals surface area contributed by atoms with Gasteiger partial charge >= 0.3 is 5.97 Å². The Kier molecular flexibility index (Phi) is 7.62. The number of carboxylic acid groups (broad SMARTS) is 1. The first kappa shape index (κ1) is 27.6. The molecule has 208 valence electrons. The average molecular weight is 551 g/mol. The van der Waals surface area contributed by atoms with Crippen molar-refractivity contribution in [3.63, 3.8) is 0 Å². The lowest BCUT2D eigenvalue weighted by Gasteiger charge is -2.17. The summed E-state index contributed by atoms with van der Waals surface area (Å²) in [5.74, 6) is -1.09. The molecule has 1 heterocycles. The number of fused-ring (bicyclic) bond motifs is 1. The molecule has 5 aromatic rings. The molecule has 1 aromatic heterocycles. The van der Waals surface area contributed by atoms with Gasteiger partial charge in [-0.3, -0.25) is 4.79 Å². The van der Waals surface area contributed by atoms with Crippen molar-refractivity contribution in [3.05, 3.63) is 124 Å². The third-order valence-electron chi connectivity index (χ3n) is 7.67. The fourth-order valence-corrected chi connectivity index (χ4v) is 5.29. The second kappa shape index (κ2) is 11.3. The molecule has 41 heavy (non-hydrogen) atoms. The van der Waals surface area contributed by atoms with Crippen molar-refractivity contribution in [1.29, 1.82) is 0 Å². The minimum Gasteiger partial charge on any atom is -0.496 e. The van der Waals surface area contributed by atoms with Gasteiger partial charge in [0.15, 0.2) is 0 Å². The van der Waals surface area contributed by atoms with Gasteiger partial charge in [-0.05, 0) is 85.5 Å². The highest BCUT2D eigenvalue weighted by Crippen LogP contribution is 2.30. The highest BCUT2D eigenvalue weighted by molar-refractivity contribution is 5.99. The number of ether oxygens (including phenoxy) is 1. The number of aromatic nitrogens is 1. The Morgan fingerprint density at radius 1 is 0.976 bits per heavy atom. The molecule has 6 nitrogen and oxygen atoms in total. The van der Waals surface area contributed by atoms with Crippen LogP contribution in [0.5, 0.6) is 5.75 Å². The number of methoxy groups -OCH3 is 1. The first-order valence-electron chi connectivity index (χ1n) is 13.3. The summed E-state index contributed by atoms with van der Waals surface area (Å²) in [4.78, 5) is 24.8. The molecule has 0 unspecified atom stereocenters. The monoisotopic (exact) mass is 550 g/mol. The molecule has 0 radical (unpaired) electrons. The van der Waals surface area contributed by atoms with Crippen LogP contribution in [0.4, 0.5) is 4.39 Å². The molecule has 0 aliphatic carbocycles. The number of carbonyl (C=O) groups excluding carboxylic acids is 1. The van der Waals surface area contributed by atoms with Crippen LogP contribution in [0, 0.1) is 19.7 Å². The van der Waals surface area contributed by atoms with E-state index in [0.717, 1.165) is 33.3 Å². The molecule has 7 heteroatoms. The topological polar surface area (TPSA) is 80.6 Å². The van der Waals surface area contributed by atoms with E-state index in [4.69, 9.17) is 4.74 Å². The van der Waals surface area contributed by atoms with E-state index in [2.05, 4.69) is 16.8 Å². The van der Waals surface area contributed by atoms with Crippen LogP contribution in [0.1, 0.15) is 56.1 Å². The predicted molar refractivity (Wildman–Crippen MR) is 158 cm³/mol. The molecular weight excluding hydrogens is 519 g/mol. The Morgan fingerprint density at radius 2 is 1.71 bits per heavy atom. The summed E-state index contributed by atoms with van der Waals surface area (Å²) in [6.07, 6.45) is 0. The standard InChI is InChI=1S/C34H31FN2O4/c1-20-22(3)37(19-23-9-11-24(12-10-23)27-7-5-6-8-28(27)34(39)40)31-15-13-25(17-29(20)31)33(38)36-21(2)30-18-26(35)14-16-32(30)41-4/h5-18,21H,19H2,1-4H3,(H,36,38)(H,39,40)/t21-/m0/s1. The molecule has 0 saturated carbocycles. The summed E-state index contributed by atoms with van der Waals surface area (Å²) in [6, 6.07) is 24.3. The van der Waals surface area contributed by atoms with Gasteiger partial charge in [-0.15, -0.1) is 0 Å². The number of halogens is 1. The number of nitrogens with one attached hydrogen (secondary N) is 1. The van der Waals surface area contributed by atoms with Gasteiger partial charge in [-0.25, -0.2) is 9.18 Å². The van der Waals surface area contributed by atoms with E-state index in [-0.39, 0.29) is 11.5 Å². The van der Waals surface area contributed by atoms with Gasteiger partial charge in [-0.2, -0.15) is 0 Å². The molecule has 0 saturated heterocycles. The third-order valence-corrected chi connectivity index (χ3v) is 7.67. The Balaban J connectivity index is 1.39. The number of carboxylic acids is 1. The Morgan fingerprint density at radius 3 is 2.41 bits per heavy atom.